The number of rotatable bonds is 3. The Morgan fingerprint density at radius 1 is 1.07 bits per heavy atom. The SMILES string of the molecule is CC(=O)Nc1ccc(N2C(=O)S/C(=C\c3cn(C)c4ccccc34)C2=O)cc1. The summed E-state index contributed by atoms with van der Waals surface area (Å²) in [6.07, 6.45) is 3.71. The van der Waals surface area contributed by atoms with Gasteiger partial charge in [-0.3, -0.25) is 14.4 Å². The van der Waals surface area contributed by atoms with Crippen LogP contribution in [-0.2, 0) is 16.6 Å². The van der Waals surface area contributed by atoms with Crippen LogP contribution in [0, 0.1) is 0 Å². The number of benzene rings is 2. The van der Waals surface area contributed by atoms with Crippen LogP contribution in [0.3, 0.4) is 0 Å². The van der Waals surface area contributed by atoms with E-state index >= 15 is 0 Å². The summed E-state index contributed by atoms with van der Waals surface area (Å²) in [6.45, 7) is 1.42. The number of fused-ring (bicyclic) bond motifs is 1. The Morgan fingerprint density at radius 3 is 2.50 bits per heavy atom. The summed E-state index contributed by atoms with van der Waals surface area (Å²) in [5, 5.41) is 3.34. The second-order valence-corrected chi connectivity index (χ2v) is 7.45. The number of imide groups is 1. The molecule has 1 aliphatic heterocycles. The van der Waals surface area contributed by atoms with Crippen molar-refractivity contribution in [3.63, 3.8) is 0 Å². The van der Waals surface area contributed by atoms with Crippen LogP contribution < -0.4 is 10.2 Å². The number of nitrogens with one attached hydrogen (secondary N) is 1. The van der Waals surface area contributed by atoms with Crippen molar-refractivity contribution >= 4 is 57.2 Å². The highest BCUT2D eigenvalue weighted by molar-refractivity contribution is 8.19. The van der Waals surface area contributed by atoms with Gasteiger partial charge in [0.15, 0.2) is 0 Å². The minimum Gasteiger partial charge on any atom is -0.350 e. The normalized spacial score (nSPS) is 15.6. The molecule has 2 aromatic carbocycles. The van der Waals surface area contributed by atoms with Gasteiger partial charge in [0.05, 0.1) is 10.6 Å². The third kappa shape index (κ3) is 3.20. The van der Waals surface area contributed by atoms with Gasteiger partial charge in [-0.15, -0.1) is 0 Å². The van der Waals surface area contributed by atoms with E-state index in [0.717, 1.165) is 33.1 Å². The lowest BCUT2D eigenvalue weighted by atomic mass is 10.1. The summed E-state index contributed by atoms with van der Waals surface area (Å²) in [5.41, 5.74) is 3.03. The molecule has 1 saturated heterocycles. The first-order valence-corrected chi connectivity index (χ1v) is 9.45. The Hall–Kier alpha value is -3.32. The molecule has 0 saturated carbocycles. The van der Waals surface area contributed by atoms with E-state index in [9.17, 15) is 14.4 Å². The van der Waals surface area contributed by atoms with E-state index in [1.54, 1.807) is 30.3 Å². The molecule has 0 bridgehead atoms. The van der Waals surface area contributed by atoms with E-state index in [0.29, 0.717) is 16.3 Å². The lowest BCUT2D eigenvalue weighted by Crippen LogP contribution is -2.27. The maximum absolute atomic E-state index is 12.9. The number of carbonyl (C=O) groups excluding carboxylic acids is 3. The van der Waals surface area contributed by atoms with Gasteiger partial charge in [-0.25, -0.2) is 4.90 Å². The molecule has 2 heterocycles. The van der Waals surface area contributed by atoms with Crippen molar-refractivity contribution in [3.05, 3.63) is 65.2 Å². The van der Waals surface area contributed by atoms with Crippen LogP contribution >= 0.6 is 11.8 Å². The van der Waals surface area contributed by atoms with Crippen LogP contribution in [0.2, 0.25) is 0 Å². The minimum atomic E-state index is -0.352. The summed E-state index contributed by atoms with van der Waals surface area (Å²) in [5.74, 6) is -0.535. The van der Waals surface area contributed by atoms with Crippen molar-refractivity contribution in [2.24, 2.45) is 7.05 Å². The molecule has 1 aliphatic rings. The van der Waals surface area contributed by atoms with Crippen molar-refractivity contribution in [2.45, 2.75) is 6.92 Å². The number of carbonyl (C=O) groups is 3. The maximum Gasteiger partial charge on any atom is 0.298 e. The molecule has 0 aliphatic carbocycles. The number of anilines is 2. The molecule has 7 heteroatoms. The van der Waals surface area contributed by atoms with E-state index in [4.69, 9.17) is 0 Å². The number of aryl methyl sites for hydroxylation is 1. The Bertz CT molecular complexity index is 1150. The number of thioether (sulfide) groups is 1. The average molecular weight is 391 g/mol. The highest BCUT2D eigenvalue weighted by atomic mass is 32.2. The molecule has 28 heavy (non-hydrogen) atoms. The predicted octanol–water partition coefficient (Wildman–Crippen LogP) is 4.38. The zero-order chi connectivity index (χ0) is 19.8. The van der Waals surface area contributed by atoms with Gasteiger partial charge in [0.25, 0.3) is 11.1 Å². The van der Waals surface area contributed by atoms with Gasteiger partial charge in [-0.05, 0) is 48.2 Å². The average Bonchev–Trinajstić information content (AvgIpc) is 3.12. The standard InChI is InChI=1S/C21H17N3O3S/c1-13(25)22-15-7-9-16(10-8-15)24-20(26)19(28-21(24)27)11-14-12-23(2)18-6-4-3-5-17(14)18/h3-12H,1-2H3,(H,22,25)/b19-11-. The second kappa shape index (κ2) is 7.01. The minimum absolute atomic E-state index is 0.183. The van der Waals surface area contributed by atoms with Gasteiger partial charge >= 0.3 is 0 Å². The fourth-order valence-corrected chi connectivity index (χ4v) is 4.05. The zero-order valence-electron chi connectivity index (χ0n) is 15.3. The van der Waals surface area contributed by atoms with E-state index in [-0.39, 0.29) is 17.1 Å². The van der Waals surface area contributed by atoms with Crippen molar-refractivity contribution < 1.29 is 14.4 Å². The lowest BCUT2D eigenvalue weighted by Gasteiger charge is -2.13. The van der Waals surface area contributed by atoms with Crippen LogP contribution in [0.5, 0.6) is 0 Å². The zero-order valence-corrected chi connectivity index (χ0v) is 16.1. The highest BCUT2D eigenvalue weighted by Crippen LogP contribution is 2.37. The van der Waals surface area contributed by atoms with Crippen LogP contribution in [0.4, 0.5) is 16.2 Å². The first-order valence-electron chi connectivity index (χ1n) is 8.64. The van der Waals surface area contributed by atoms with Gasteiger partial charge in [0.2, 0.25) is 5.91 Å². The molecule has 0 atom stereocenters. The largest absolute Gasteiger partial charge is 0.350 e. The predicted molar refractivity (Wildman–Crippen MR) is 112 cm³/mol. The van der Waals surface area contributed by atoms with Gasteiger partial charge in [0, 0.05) is 42.3 Å². The number of hydrogen-bond donors (Lipinski definition) is 1. The van der Waals surface area contributed by atoms with Crippen LogP contribution in [0.15, 0.2) is 59.6 Å². The van der Waals surface area contributed by atoms with Crippen molar-refractivity contribution in [2.75, 3.05) is 10.2 Å². The number of para-hydroxylation sites is 1. The quantitative estimate of drug-likeness (QED) is 0.673. The fourth-order valence-electron chi connectivity index (χ4n) is 3.22. The topological polar surface area (TPSA) is 71.4 Å². The molecule has 6 nitrogen and oxygen atoms in total. The number of hydrogen-bond acceptors (Lipinski definition) is 4. The fraction of sp³-hybridized carbons (Fsp3) is 0.0952. The first kappa shape index (κ1) is 18.1. The molecule has 1 fully saturated rings. The van der Waals surface area contributed by atoms with Crippen LogP contribution in [-0.4, -0.2) is 21.6 Å². The second-order valence-electron chi connectivity index (χ2n) is 6.46. The van der Waals surface area contributed by atoms with E-state index in [1.165, 1.54) is 6.92 Å². The van der Waals surface area contributed by atoms with Gasteiger partial charge in [-0.2, -0.15) is 0 Å². The first-order chi connectivity index (χ1) is 13.4. The monoisotopic (exact) mass is 391 g/mol. The molecule has 3 amide bonds. The molecule has 0 spiro atoms. The van der Waals surface area contributed by atoms with E-state index in [2.05, 4.69) is 5.32 Å². The molecule has 4 rings (SSSR count). The van der Waals surface area contributed by atoms with E-state index in [1.807, 2.05) is 42.1 Å². The summed E-state index contributed by atoms with van der Waals surface area (Å²) in [7, 11) is 1.95. The summed E-state index contributed by atoms with van der Waals surface area (Å²) >= 11 is 0.924. The van der Waals surface area contributed by atoms with Gasteiger partial charge in [0.1, 0.15) is 0 Å². The van der Waals surface area contributed by atoms with Crippen LogP contribution in [0.1, 0.15) is 12.5 Å². The Labute approximate surface area is 165 Å². The van der Waals surface area contributed by atoms with Crippen molar-refractivity contribution in [3.8, 4) is 0 Å². The molecule has 0 unspecified atom stereocenters. The third-order valence-corrected chi connectivity index (χ3v) is 5.32. The van der Waals surface area contributed by atoms with E-state index < -0.39 is 0 Å². The molecule has 1 aromatic heterocycles. The summed E-state index contributed by atoms with van der Waals surface area (Å²) in [4.78, 5) is 38.0. The van der Waals surface area contributed by atoms with Gasteiger partial charge < -0.3 is 9.88 Å². The number of aromatic nitrogens is 1. The molecule has 140 valence electrons. The van der Waals surface area contributed by atoms with Crippen molar-refractivity contribution in [1.82, 2.24) is 4.57 Å². The van der Waals surface area contributed by atoms with Crippen LogP contribution in [0.25, 0.3) is 17.0 Å². The summed E-state index contributed by atoms with van der Waals surface area (Å²) in [6, 6.07) is 14.5. The maximum atomic E-state index is 12.9. The Balaban J connectivity index is 1.65. The molecule has 3 aromatic rings. The Morgan fingerprint density at radius 2 is 1.79 bits per heavy atom. The molecular formula is C21H17N3O3S. The number of nitrogens with zero attached hydrogens (tertiary/aromatic N) is 2. The molecular weight excluding hydrogens is 374 g/mol. The molecule has 1 N–H and O–H groups in total. The van der Waals surface area contributed by atoms with Gasteiger partial charge in [-0.1, -0.05) is 18.2 Å². The van der Waals surface area contributed by atoms with Crippen molar-refractivity contribution in [1.29, 1.82) is 0 Å². The lowest BCUT2D eigenvalue weighted by molar-refractivity contribution is -0.114. The molecule has 0 radical (unpaired) electrons. The highest BCUT2D eigenvalue weighted by Gasteiger charge is 2.36. The summed E-state index contributed by atoms with van der Waals surface area (Å²) < 4.78 is 1.99. The smallest absolute Gasteiger partial charge is 0.298 e. The number of amides is 3. The Kier molecular flexibility index (Phi) is 4.52. The third-order valence-electron chi connectivity index (χ3n) is 4.45.